The van der Waals surface area contributed by atoms with Gasteiger partial charge in [0.15, 0.2) is 0 Å². The molecule has 1 aromatic rings. The van der Waals surface area contributed by atoms with Gasteiger partial charge in [0.25, 0.3) is 0 Å². The molecule has 0 N–H and O–H groups in total. The van der Waals surface area contributed by atoms with Crippen LogP contribution in [0.15, 0.2) is 22.7 Å². The monoisotopic (exact) mass is 276 g/mol. The number of carbonyl (C=O) groups is 1. The van der Waals surface area contributed by atoms with E-state index in [0.717, 1.165) is 10.0 Å². The summed E-state index contributed by atoms with van der Waals surface area (Å²) in [5.74, 6) is -0.211. The fourth-order valence-electron chi connectivity index (χ4n) is 1.07. The summed E-state index contributed by atoms with van der Waals surface area (Å²) in [5.41, 5.74) is 1.02. The van der Waals surface area contributed by atoms with Crippen molar-refractivity contribution in [3.05, 3.63) is 33.3 Å². The Morgan fingerprint density at radius 2 is 2.29 bits per heavy atom. The summed E-state index contributed by atoms with van der Waals surface area (Å²) in [6, 6.07) is 5.51. The van der Waals surface area contributed by atoms with Gasteiger partial charge in [-0.05, 0) is 30.2 Å². The van der Waals surface area contributed by atoms with Crippen LogP contribution in [-0.2, 0) is 16.0 Å². The normalized spacial score (nSPS) is 9.93. The van der Waals surface area contributed by atoms with Crippen molar-refractivity contribution < 1.29 is 9.53 Å². The van der Waals surface area contributed by atoms with Gasteiger partial charge in [0.1, 0.15) is 0 Å². The van der Waals surface area contributed by atoms with Crippen molar-refractivity contribution >= 4 is 33.5 Å². The Morgan fingerprint density at radius 1 is 1.57 bits per heavy atom. The van der Waals surface area contributed by atoms with Crippen LogP contribution in [0.3, 0.4) is 0 Å². The Labute approximate surface area is 96.3 Å². The van der Waals surface area contributed by atoms with E-state index in [4.69, 9.17) is 11.6 Å². The molecule has 0 amide bonds. The summed E-state index contributed by atoms with van der Waals surface area (Å²) in [7, 11) is 1.38. The number of methoxy groups -OCH3 is 1. The number of benzene rings is 1. The van der Waals surface area contributed by atoms with E-state index in [1.165, 1.54) is 7.11 Å². The molecule has 0 bridgehead atoms. The highest BCUT2D eigenvalue weighted by atomic mass is 79.9. The molecule has 0 aliphatic rings. The number of ether oxygens (including phenoxy) is 1. The van der Waals surface area contributed by atoms with Gasteiger partial charge >= 0.3 is 5.97 Å². The predicted molar refractivity (Wildman–Crippen MR) is 59.5 cm³/mol. The minimum Gasteiger partial charge on any atom is -0.469 e. The minimum atomic E-state index is -0.211. The molecular formula is C10H10BrClO2. The van der Waals surface area contributed by atoms with Crippen LogP contribution < -0.4 is 0 Å². The fraction of sp³-hybridized carbons (Fsp3) is 0.300. The molecule has 0 unspecified atom stereocenters. The zero-order valence-electron chi connectivity index (χ0n) is 7.72. The molecule has 0 saturated heterocycles. The first-order valence-electron chi connectivity index (χ1n) is 4.14. The van der Waals surface area contributed by atoms with Gasteiger partial charge in [-0.15, -0.1) is 0 Å². The van der Waals surface area contributed by atoms with Crippen LogP contribution in [0.25, 0.3) is 0 Å². The molecule has 0 radical (unpaired) electrons. The molecule has 0 aromatic heterocycles. The molecule has 0 spiro atoms. The summed E-state index contributed by atoms with van der Waals surface area (Å²) in [6.07, 6.45) is 1.00. The van der Waals surface area contributed by atoms with E-state index >= 15 is 0 Å². The average Bonchev–Trinajstić information content (AvgIpc) is 2.19. The van der Waals surface area contributed by atoms with Crippen molar-refractivity contribution in [1.29, 1.82) is 0 Å². The summed E-state index contributed by atoms with van der Waals surface area (Å²) in [4.78, 5) is 10.9. The number of aryl methyl sites for hydroxylation is 1. The number of rotatable bonds is 3. The molecule has 0 fully saturated rings. The number of hydrogen-bond donors (Lipinski definition) is 0. The Hall–Kier alpha value is -0.540. The quantitative estimate of drug-likeness (QED) is 0.793. The molecule has 0 saturated carbocycles. The minimum absolute atomic E-state index is 0.211. The third kappa shape index (κ3) is 3.31. The first-order valence-corrected chi connectivity index (χ1v) is 5.31. The van der Waals surface area contributed by atoms with Crippen molar-refractivity contribution in [1.82, 2.24) is 0 Å². The number of halogens is 2. The standard InChI is InChI=1S/C10H10BrClO2/c1-14-10(13)5-2-7-6-8(12)3-4-9(7)11/h3-4,6H,2,5H2,1H3. The maximum Gasteiger partial charge on any atom is 0.305 e. The first kappa shape index (κ1) is 11.5. The van der Waals surface area contributed by atoms with Crippen molar-refractivity contribution in [3.63, 3.8) is 0 Å². The van der Waals surface area contributed by atoms with Crippen LogP contribution in [0.2, 0.25) is 5.02 Å². The highest BCUT2D eigenvalue weighted by molar-refractivity contribution is 9.10. The summed E-state index contributed by atoms with van der Waals surface area (Å²) < 4.78 is 5.52. The van der Waals surface area contributed by atoms with E-state index < -0.39 is 0 Å². The molecule has 2 nitrogen and oxygen atoms in total. The van der Waals surface area contributed by atoms with Crippen LogP contribution in [0, 0.1) is 0 Å². The van der Waals surface area contributed by atoms with Gasteiger partial charge < -0.3 is 4.74 Å². The van der Waals surface area contributed by atoms with Crippen LogP contribution >= 0.6 is 27.5 Å². The SMILES string of the molecule is COC(=O)CCc1cc(Cl)ccc1Br. The second-order valence-corrected chi connectivity index (χ2v) is 4.10. The molecule has 1 rings (SSSR count). The van der Waals surface area contributed by atoms with E-state index in [2.05, 4.69) is 20.7 Å². The maximum atomic E-state index is 10.9. The Kier molecular flexibility index (Phi) is 4.42. The van der Waals surface area contributed by atoms with Crippen LogP contribution in [0.4, 0.5) is 0 Å². The second kappa shape index (κ2) is 5.37. The summed E-state index contributed by atoms with van der Waals surface area (Å²) in [6.45, 7) is 0. The lowest BCUT2D eigenvalue weighted by molar-refractivity contribution is -0.140. The van der Waals surface area contributed by atoms with Crippen molar-refractivity contribution in [3.8, 4) is 0 Å². The van der Waals surface area contributed by atoms with Crippen LogP contribution in [0.5, 0.6) is 0 Å². The lowest BCUT2D eigenvalue weighted by atomic mass is 10.1. The topological polar surface area (TPSA) is 26.3 Å². The highest BCUT2D eigenvalue weighted by Crippen LogP contribution is 2.22. The number of carbonyl (C=O) groups excluding carboxylic acids is 1. The van der Waals surface area contributed by atoms with Crippen LogP contribution in [0.1, 0.15) is 12.0 Å². The molecule has 0 aliphatic heterocycles. The molecule has 14 heavy (non-hydrogen) atoms. The fourth-order valence-corrected chi connectivity index (χ4v) is 1.71. The maximum absolute atomic E-state index is 10.9. The van der Waals surface area contributed by atoms with E-state index in [-0.39, 0.29) is 5.97 Å². The molecule has 76 valence electrons. The number of esters is 1. The smallest absolute Gasteiger partial charge is 0.305 e. The molecule has 1 aromatic carbocycles. The van der Waals surface area contributed by atoms with E-state index in [0.29, 0.717) is 17.9 Å². The van der Waals surface area contributed by atoms with Crippen molar-refractivity contribution in [2.24, 2.45) is 0 Å². The first-order chi connectivity index (χ1) is 6.63. The highest BCUT2D eigenvalue weighted by Gasteiger charge is 2.05. The van der Waals surface area contributed by atoms with Gasteiger partial charge in [0.05, 0.1) is 7.11 Å². The lowest BCUT2D eigenvalue weighted by Crippen LogP contribution is -2.02. The third-order valence-corrected chi connectivity index (χ3v) is 2.84. The van der Waals surface area contributed by atoms with Crippen molar-refractivity contribution in [2.75, 3.05) is 7.11 Å². The van der Waals surface area contributed by atoms with Crippen molar-refractivity contribution in [2.45, 2.75) is 12.8 Å². The Morgan fingerprint density at radius 3 is 2.93 bits per heavy atom. The van der Waals surface area contributed by atoms with Gasteiger partial charge in [-0.25, -0.2) is 0 Å². The average molecular weight is 278 g/mol. The Bertz CT molecular complexity index is 339. The van der Waals surface area contributed by atoms with E-state index in [1.807, 2.05) is 12.1 Å². The molecule has 0 aliphatic carbocycles. The van der Waals surface area contributed by atoms with Gasteiger partial charge in [-0.2, -0.15) is 0 Å². The zero-order valence-corrected chi connectivity index (χ0v) is 10.1. The molecule has 0 atom stereocenters. The third-order valence-electron chi connectivity index (χ3n) is 1.83. The van der Waals surface area contributed by atoms with Gasteiger partial charge in [0.2, 0.25) is 0 Å². The molecule has 0 heterocycles. The van der Waals surface area contributed by atoms with E-state index in [9.17, 15) is 4.79 Å². The van der Waals surface area contributed by atoms with E-state index in [1.54, 1.807) is 6.07 Å². The van der Waals surface area contributed by atoms with Crippen LogP contribution in [-0.4, -0.2) is 13.1 Å². The predicted octanol–water partition coefficient (Wildman–Crippen LogP) is 3.21. The molecule has 4 heteroatoms. The Balaban J connectivity index is 2.66. The van der Waals surface area contributed by atoms with Gasteiger partial charge in [-0.1, -0.05) is 27.5 Å². The second-order valence-electron chi connectivity index (χ2n) is 2.81. The van der Waals surface area contributed by atoms with Gasteiger partial charge in [-0.3, -0.25) is 4.79 Å². The largest absolute Gasteiger partial charge is 0.469 e. The lowest BCUT2D eigenvalue weighted by Gasteiger charge is -2.03. The summed E-state index contributed by atoms with van der Waals surface area (Å²) >= 11 is 9.22. The molecular weight excluding hydrogens is 267 g/mol. The number of hydrogen-bond acceptors (Lipinski definition) is 2. The summed E-state index contributed by atoms with van der Waals surface area (Å²) in [5, 5.41) is 0.674. The zero-order chi connectivity index (χ0) is 10.6. The van der Waals surface area contributed by atoms with Gasteiger partial charge in [0, 0.05) is 15.9 Å².